The lowest BCUT2D eigenvalue weighted by Crippen LogP contribution is -2.45. The molecule has 0 aliphatic carbocycles. The number of rotatable bonds is 6. The first-order valence-electron chi connectivity index (χ1n) is 7.64. The number of benzene rings is 1. The van der Waals surface area contributed by atoms with E-state index in [2.05, 4.69) is 36.4 Å². The Bertz CT molecular complexity index is 539. The fraction of sp³-hybridized carbons (Fsp3) is 0.529. The van der Waals surface area contributed by atoms with E-state index in [9.17, 15) is 4.79 Å². The van der Waals surface area contributed by atoms with Gasteiger partial charge in [0.25, 0.3) is 0 Å². The van der Waals surface area contributed by atoms with Crippen LogP contribution in [-0.4, -0.2) is 38.7 Å². The summed E-state index contributed by atoms with van der Waals surface area (Å²) in [7, 11) is 3.44. The number of guanidine groups is 1. The zero-order valence-electron chi connectivity index (χ0n) is 15.1. The van der Waals surface area contributed by atoms with Crippen LogP contribution in [0.5, 0.6) is 0 Å². The Balaban J connectivity index is 0.00000529. The Hall–Kier alpha value is -1.35. The van der Waals surface area contributed by atoms with Gasteiger partial charge in [-0.3, -0.25) is 9.79 Å². The van der Waals surface area contributed by atoms with Gasteiger partial charge < -0.3 is 21.1 Å². The van der Waals surface area contributed by atoms with Gasteiger partial charge in [-0.1, -0.05) is 32.9 Å². The van der Waals surface area contributed by atoms with Gasteiger partial charge >= 0.3 is 0 Å². The molecule has 1 amide bonds. The standard InChI is InChI=1S/C17H28N4O2.HI/c1-17(2,3)14(23-5)11-21-16(19-4)20-10-12-6-8-13(9-7-12)15(18)22;/h6-9,14H,10-11H2,1-5H3,(H2,18,22)(H2,19,20,21);1H. The lowest BCUT2D eigenvalue weighted by atomic mass is 9.89. The number of halogens is 1. The minimum atomic E-state index is -0.422. The van der Waals surface area contributed by atoms with Crippen LogP contribution in [0.25, 0.3) is 0 Å². The second-order valence-corrected chi connectivity index (χ2v) is 6.46. The molecule has 1 aromatic rings. The molecular formula is C17H29IN4O2. The molecule has 0 fully saturated rings. The topological polar surface area (TPSA) is 88.7 Å². The van der Waals surface area contributed by atoms with E-state index >= 15 is 0 Å². The van der Waals surface area contributed by atoms with Crippen molar-refractivity contribution < 1.29 is 9.53 Å². The first-order valence-corrected chi connectivity index (χ1v) is 7.64. The number of primary amides is 1. The lowest BCUT2D eigenvalue weighted by Gasteiger charge is -2.30. The predicted octanol–water partition coefficient (Wildman–Crippen LogP) is 2.13. The molecule has 0 aromatic heterocycles. The highest BCUT2D eigenvalue weighted by molar-refractivity contribution is 14.0. The van der Waals surface area contributed by atoms with E-state index in [0.29, 0.717) is 24.6 Å². The second-order valence-electron chi connectivity index (χ2n) is 6.46. The molecule has 0 aliphatic heterocycles. The summed E-state index contributed by atoms with van der Waals surface area (Å²) < 4.78 is 5.52. The van der Waals surface area contributed by atoms with Gasteiger partial charge in [0.2, 0.25) is 5.91 Å². The van der Waals surface area contributed by atoms with Crippen LogP contribution in [0.15, 0.2) is 29.3 Å². The van der Waals surface area contributed by atoms with Crippen LogP contribution in [0.1, 0.15) is 36.7 Å². The van der Waals surface area contributed by atoms with E-state index in [1.165, 1.54) is 0 Å². The number of hydrogen-bond donors (Lipinski definition) is 3. The maximum atomic E-state index is 11.0. The molecule has 1 rings (SSSR count). The number of methoxy groups -OCH3 is 1. The van der Waals surface area contributed by atoms with Gasteiger partial charge in [0.1, 0.15) is 0 Å². The van der Waals surface area contributed by atoms with E-state index in [-0.39, 0.29) is 35.5 Å². The molecule has 1 aromatic carbocycles. The van der Waals surface area contributed by atoms with Crippen molar-refractivity contribution in [1.82, 2.24) is 10.6 Å². The van der Waals surface area contributed by atoms with Gasteiger partial charge in [0.15, 0.2) is 5.96 Å². The largest absolute Gasteiger partial charge is 0.379 e. The summed E-state index contributed by atoms with van der Waals surface area (Å²) in [6.07, 6.45) is 0.0795. The summed E-state index contributed by atoms with van der Waals surface area (Å²) in [4.78, 5) is 15.3. The SMILES string of the molecule is CN=C(NCc1ccc(C(N)=O)cc1)NCC(OC)C(C)(C)C.I. The summed E-state index contributed by atoms with van der Waals surface area (Å²) in [6, 6.07) is 7.17. The Morgan fingerprint density at radius 3 is 2.25 bits per heavy atom. The summed E-state index contributed by atoms with van der Waals surface area (Å²) in [5.41, 5.74) is 6.82. The summed E-state index contributed by atoms with van der Waals surface area (Å²) >= 11 is 0. The van der Waals surface area contributed by atoms with Crippen LogP contribution in [0.3, 0.4) is 0 Å². The van der Waals surface area contributed by atoms with E-state index < -0.39 is 5.91 Å². The number of aliphatic imine (C=N–C) groups is 1. The average Bonchev–Trinajstić information content (AvgIpc) is 2.50. The molecule has 24 heavy (non-hydrogen) atoms. The van der Waals surface area contributed by atoms with Gasteiger partial charge in [-0.05, 0) is 23.1 Å². The molecule has 7 heteroatoms. The van der Waals surface area contributed by atoms with E-state index in [1.807, 2.05) is 12.1 Å². The first kappa shape index (κ1) is 22.6. The molecule has 1 unspecified atom stereocenters. The number of carbonyl (C=O) groups excluding carboxylic acids is 1. The van der Waals surface area contributed by atoms with Crippen LogP contribution in [-0.2, 0) is 11.3 Å². The van der Waals surface area contributed by atoms with Crippen molar-refractivity contribution in [1.29, 1.82) is 0 Å². The highest BCUT2D eigenvalue weighted by atomic mass is 127. The van der Waals surface area contributed by atoms with Crippen molar-refractivity contribution >= 4 is 35.8 Å². The van der Waals surface area contributed by atoms with Crippen molar-refractivity contribution in [3.05, 3.63) is 35.4 Å². The van der Waals surface area contributed by atoms with Crippen molar-refractivity contribution in [2.45, 2.75) is 33.4 Å². The normalized spacial score (nSPS) is 13.0. The maximum Gasteiger partial charge on any atom is 0.248 e. The molecule has 0 radical (unpaired) electrons. The molecule has 0 spiro atoms. The summed E-state index contributed by atoms with van der Waals surface area (Å²) in [5.74, 6) is 0.282. The van der Waals surface area contributed by atoms with E-state index in [4.69, 9.17) is 10.5 Å². The monoisotopic (exact) mass is 448 g/mol. The Labute approximate surface area is 161 Å². The molecule has 0 aliphatic rings. The average molecular weight is 448 g/mol. The molecule has 6 nitrogen and oxygen atoms in total. The third-order valence-corrected chi connectivity index (χ3v) is 3.63. The molecule has 1 atom stereocenters. The number of nitrogens with zero attached hydrogens (tertiary/aromatic N) is 1. The van der Waals surface area contributed by atoms with E-state index in [0.717, 1.165) is 5.56 Å². The number of nitrogens with two attached hydrogens (primary N) is 1. The minimum absolute atomic E-state index is 0. The Morgan fingerprint density at radius 2 is 1.83 bits per heavy atom. The Morgan fingerprint density at radius 1 is 1.25 bits per heavy atom. The third-order valence-electron chi connectivity index (χ3n) is 3.63. The van der Waals surface area contributed by atoms with Crippen molar-refractivity contribution in [3.63, 3.8) is 0 Å². The lowest BCUT2D eigenvalue weighted by molar-refractivity contribution is 0.0205. The van der Waals surface area contributed by atoms with Crippen LogP contribution >= 0.6 is 24.0 Å². The van der Waals surface area contributed by atoms with Gasteiger partial charge in [0, 0.05) is 32.8 Å². The molecular weight excluding hydrogens is 419 g/mol. The van der Waals surface area contributed by atoms with Crippen molar-refractivity contribution in [3.8, 4) is 0 Å². The minimum Gasteiger partial charge on any atom is -0.379 e. The molecule has 136 valence electrons. The number of nitrogens with one attached hydrogen (secondary N) is 2. The second kappa shape index (κ2) is 10.5. The third kappa shape index (κ3) is 7.48. The highest BCUT2D eigenvalue weighted by Gasteiger charge is 2.24. The van der Waals surface area contributed by atoms with Gasteiger partial charge in [-0.25, -0.2) is 0 Å². The Kier molecular flexibility index (Phi) is 9.91. The molecule has 0 bridgehead atoms. The fourth-order valence-corrected chi connectivity index (χ4v) is 2.13. The quantitative estimate of drug-likeness (QED) is 0.354. The van der Waals surface area contributed by atoms with Crippen LogP contribution in [0.4, 0.5) is 0 Å². The fourth-order valence-electron chi connectivity index (χ4n) is 2.13. The highest BCUT2D eigenvalue weighted by Crippen LogP contribution is 2.20. The van der Waals surface area contributed by atoms with Crippen LogP contribution in [0, 0.1) is 5.41 Å². The van der Waals surface area contributed by atoms with Crippen molar-refractivity contribution in [2.24, 2.45) is 16.1 Å². The number of carbonyl (C=O) groups is 1. The number of hydrogen-bond acceptors (Lipinski definition) is 3. The number of amides is 1. The van der Waals surface area contributed by atoms with Crippen LogP contribution < -0.4 is 16.4 Å². The van der Waals surface area contributed by atoms with E-state index in [1.54, 1.807) is 26.3 Å². The van der Waals surface area contributed by atoms with Crippen LogP contribution in [0.2, 0.25) is 0 Å². The van der Waals surface area contributed by atoms with Crippen molar-refractivity contribution in [2.75, 3.05) is 20.7 Å². The van der Waals surface area contributed by atoms with Gasteiger partial charge in [-0.15, -0.1) is 24.0 Å². The molecule has 0 saturated heterocycles. The molecule has 0 heterocycles. The predicted molar refractivity (Wildman–Crippen MR) is 109 cm³/mol. The van der Waals surface area contributed by atoms with Gasteiger partial charge in [0.05, 0.1) is 6.10 Å². The maximum absolute atomic E-state index is 11.0. The smallest absolute Gasteiger partial charge is 0.248 e. The first-order chi connectivity index (χ1) is 10.8. The molecule has 4 N–H and O–H groups in total. The summed E-state index contributed by atoms with van der Waals surface area (Å²) in [5, 5.41) is 6.50. The zero-order valence-corrected chi connectivity index (χ0v) is 17.4. The van der Waals surface area contributed by atoms with Gasteiger partial charge in [-0.2, -0.15) is 0 Å². The zero-order chi connectivity index (χ0) is 17.5. The number of ether oxygens (including phenoxy) is 1. The summed E-state index contributed by atoms with van der Waals surface area (Å²) in [6.45, 7) is 7.68. The molecule has 0 saturated carbocycles.